The van der Waals surface area contributed by atoms with Crippen LogP contribution in [-0.2, 0) is 13.1 Å². The van der Waals surface area contributed by atoms with Crippen molar-refractivity contribution >= 4 is 0 Å². The lowest BCUT2D eigenvalue weighted by molar-refractivity contribution is -0.779. The van der Waals surface area contributed by atoms with Crippen LogP contribution in [0.2, 0.25) is 0 Å². The summed E-state index contributed by atoms with van der Waals surface area (Å²) in [6, 6.07) is 6.47. The van der Waals surface area contributed by atoms with Crippen LogP contribution in [0.15, 0.2) is 49.1 Å². The molecule has 0 aromatic carbocycles. The number of aryl methyl sites for hydroxylation is 2. The molecule has 0 saturated heterocycles. The van der Waals surface area contributed by atoms with Gasteiger partial charge in [-0.15, -0.1) is 0 Å². The summed E-state index contributed by atoms with van der Waals surface area (Å²) in [5.74, 6) is -0.0184. The highest BCUT2D eigenvalue weighted by Gasteiger charge is 2.04. The Kier molecular flexibility index (Phi) is 3.00. The van der Waals surface area contributed by atoms with Crippen LogP contribution in [0.25, 0.3) is 0 Å². The molecule has 0 radical (unpaired) electrons. The van der Waals surface area contributed by atoms with Gasteiger partial charge in [-0.2, -0.15) is 9.13 Å². The van der Waals surface area contributed by atoms with Crippen molar-refractivity contribution in [1.29, 1.82) is 0 Å². The highest BCUT2D eigenvalue weighted by atomic mass is 16.3. The van der Waals surface area contributed by atoms with Crippen molar-refractivity contribution in [3.05, 3.63) is 49.1 Å². The minimum Gasteiger partial charge on any atom is -0.868 e. The molecule has 82 valence electrons. The average molecular weight is 216 g/mol. The van der Waals surface area contributed by atoms with Gasteiger partial charge in [0.2, 0.25) is 13.1 Å². The molecule has 2 rings (SSSR count). The summed E-state index contributed by atoms with van der Waals surface area (Å²) in [5.41, 5.74) is 0. The van der Waals surface area contributed by atoms with Gasteiger partial charge in [-0.25, -0.2) is 0 Å². The van der Waals surface area contributed by atoms with Gasteiger partial charge in [-0.1, -0.05) is 12.1 Å². The summed E-state index contributed by atoms with van der Waals surface area (Å²) >= 11 is 0. The van der Waals surface area contributed by atoms with Gasteiger partial charge in [0.15, 0.2) is 24.8 Å². The number of hydrogen-bond acceptors (Lipinski definition) is 2. The second-order valence-electron chi connectivity index (χ2n) is 3.55. The molecule has 2 heterocycles. The van der Waals surface area contributed by atoms with Crippen LogP contribution in [0.3, 0.4) is 0 Å². The molecule has 4 heteroatoms. The van der Waals surface area contributed by atoms with Crippen molar-refractivity contribution in [2.45, 2.75) is 13.1 Å². The minimum atomic E-state index is -0.00919. The Morgan fingerprint density at radius 2 is 1.25 bits per heavy atom. The molecule has 2 aromatic rings. The normalized spacial score (nSPS) is 10.2. The molecule has 0 bridgehead atoms. The number of aromatic nitrogens is 2. The van der Waals surface area contributed by atoms with Crippen LogP contribution in [-0.4, -0.2) is 0 Å². The molecule has 0 amide bonds. The minimum absolute atomic E-state index is 0.00919. The predicted octanol–water partition coefficient (Wildman–Crippen LogP) is -0.891. The molecule has 16 heavy (non-hydrogen) atoms. The second kappa shape index (κ2) is 4.61. The number of rotatable bonds is 3. The quantitative estimate of drug-likeness (QED) is 0.625. The first-order valence-corrected chi connectivity index (χ1v) is 5.06. The van der Waals surface area contributed by atoms with E-state index in [0.29, 0.717) is 13.1 Å². The third-order valence-electron chi connectivity index (χ3n) is 2.28. The van der Waals surface area contributed by atoms with Crippen molar-refractivity contribution in [1.82, 2.24) is 0 Å². The van der Waals surface area contributed by atoms with E-state index in [1.54, 1.807) is 24.5 Å². The van der Waals surface area contributed by atoms with Gasteiger partial charge in [0.1, 0.15) is 0 Å². The summed E-state index contributed by atoms with van der Waals surface area (Å²) in [7, 11) is 0. The van der Waals surface area contributed by atoms with E-state index in [2.05, 4.69) is 0 Å². The molecule has 0 atom stereocenters. The van der Waals surface area contributed by atoms with Crippen LogP contribution >= 0.6 is 0 Å². The van der Waals surface area contributed by atoms with E-state index in [-0.39, 0.29) is 11.5 Å². The van der Waals surface area contributed by atoms with Crippen molar-refractivity contribution in [2.24, 2.45) is 0 Å². The summed E-state index contributed by atoms with van der Waals surface area (Å²) < 4.78 is 3.62. The molecular formula is C12H12N2O2. The van der Waals surface area contributed by atoms with Crippen molar-refractivity contribution in [2.75, 3.05) is 0 Å². The maximum Gasteiger partial charge on any atom is 0.206 e. The summed E-state index contributed by atoms with van der Waals surface area (Å²) in [6.45, 7) is 1.34. The molecule has 0 fully saturated rings. The SMILES string of the molecule is [O-]c1ccc[n+](CC[n+]2cccc([O-])c2)c1. The number of pyridine rings is 2. The fourth-order valence-corrected chi connectivity index (χ4v) is 1.50. The number of hydrogen-bond donors (Lipinski definition) is 0. The first kappa shape index (κ1) is 10.4. The smallest absolute Gasteiger partial charge is 0.206 e. The van der Waals surface area contributed by atoms with E-state index < -0.39 is 0 Å². The van der Waals surface area contributed by atoms with E-state index >= 15 is 0 Å². The zero-order chi connectivity index (χ0) is 11.4. The van der Waals surface area contributed by atoms with Crippen LogP contribution in [0.4, 0.5) is 0 Å². The maximum absolute atomic E-state index is 11.1. The largest absolute Gasteiger partial charge is 0.868 e. The lowest BCUT2D eigenvalue weighted by atomic mass is 10.4. The Balaban J connectivity index is 2.02. The highest BCUT2D eigenvalue weighted by molar-refractivity contribution is 5.08. The van der Waals surface area contributed by atoms with E-state index in [1.807, 2.05) is 21.5 Å². The Hall–Kier alpha value is -2.10. The standard InChI is InChI=1S/C12H12N2O2/c15-11-3-1-5-13(9-11)7-8-14-6-2-4-12(16)10-14/h1-6,9-10H,7-8H2. The van der Waals surface area contributed by atoms with E-state index in [4.69, 9.17) is 0 Å². The van der Waals surface area contributed by atoms with Crippen LogP contribution < -0.4 is 19.3 Å². The van der Waals surface area contributed by atoms with Gasteiger partial charge < -0.3 is 10.2 Å². The first-order chi connectivity index (χ1) is 7.74. The van der Waals surface area contributed by atoms with Crippen LogP contribution in [0.1, 0.15) is 0 Å². The third kappa shape index (κ3) is 2.70. The first-order valence-electron chi connectivity index (χ1n) is 5.06. The van der Waals surface area contributed by atoms with Crippen molar-refractivity contribution in [3.63, 3.8) is 0 Å². The molecule has 0 N–H and O–H groups in total. The summed E-state index contributed by atoms with van der Waals surface area (Å²) in [4.78, 5) is 0. The van der Waals surface area contributed by atoms with Gasteiger partial charge in [-0.05, 0) is 11.5 Å². The highest BCUT2D eigenvalue weighted by Crippen LogP contribution is 1.96. The Bertz CT molecular complexity index is 440. The Morgan fingerprint density at radius 1 is 0.812 bits per heavy atom. The average Bonchev–Trinajstić information content (AvgIpc) is 2.27. The van der Waals surface area contributed by atoms with Crippen LogP contribution in [0, 0.1) is 0 Å². The molecule has 0 saturated carbocycles. The maximum atomic E-state index is 11.1. The van der Waals surface area contributed by atoms with Crippen molar-refractivity contribution < 1.29 is 19.3 Å². The molecule has 0 unspecified atom stereocenters. The predicted molar refractivity (Wildman–Crippen MR) is 52.2 cm³/mol. The van der Waals surface area contributed by atoms with Gasteiger partial charge in [0.05, 0.1) is 0 Å². The lowest BCUT2D eigenvalue weighted by Crippen LogP contribution is -2.44. The van der Waals surface area contributed by atoms with E-state index in [9.17, 15) is 10.2 Å². The Morgan fingerprint density at radius 3 is 1.62 bits per heavy atom. The zero-order valence-electron chi connectivity index (χ0n) is 8.74. The lowest BCUT2D eigenvalue weighted by Gasteiger charge is -2.03. The fourth-order valence-electron chi connectivity index (χ4n) is 1.50. The zero-order valence-corrected chi connectivity index (χ0v) is 8.74. The molecule has 0 aliphatic rings. The second-order valence-corrected chi connectivity index (χ2v) is 3.55. The van der Waals surface area contributed by atoms with Crippen LogP contribution in [0.5, 0.6) is 11.5 Å². The molecule has 2 aromatic heterocycles. The van der Waals surface area contributed by atoms with Crippen molar-refractivity contribution in [3.8, 4) is 11.5 Å². The Labute approximate surface area is 93.7 Å². The molecule has 0 spiro atoms. The molecule has 0 aliphatic heterocycles. The van der Waals surface area contributed by atoms with Gasteiger partial charge in [0, 0.05) is 12.1 Å². The molecule has 0 aliphatic carbocycles. The van der Waals surface area contributed by atoms with E-state index in [1.165, 1.54) is 12.1 Å². The molecular weight excluding hydrogens is 204 g/mol. The van der Waals surface area contributed by atoms with Gasteiger partial charge in [-0.3, -0.25) is 0 Å². The van der Waals surface area contributed by atoms with E-state index in [0.717, 1.165) is 0 Å². The van der Waals surface area contributed by atoms with Gasteiger partial charge >= 0.3 is 0 Å². The summed E-state index contributed by atoms with van der Waals surface area (Å²) in [5, 5.41) is 22.2. The summed E-state index contributed by atoms with van der Waals surface area (Å²) in [6.07, 6.45) is 6.76. The topological polar surface area (TPSA) is 53.9 Å². The fraction of sp³-hybridized carbons (Fsp3) is 0.167. The monoisotopic (exact) mass is 216 g/mol. The number of nitrogens with zero attached hydrogens (tertiary/aromatic N) is 2. The molecule has 4 nitrogen and oxygen atoms in total. The third-order valence-corrected chi connectivity index (χ3v) is 2.28. The van der Waals surface area contributed by atoms with Gasteiger partial charge in [0.25, 0.3) is 0 Å².